The molecule has 0 radical (unpaired) electrons. The van der Waals surface area contributed by atoms with E-state index in [2.05, 4.69) is 5.32 Å². The molecule has 1 N–H and O–H groups in total. The van der Waals surface area contributed by atoms with Gasteiger partial charge in [-0.3, -0.25) is 24.5 Å². The number of hydrogen-bond acceptors (Lipinski definition) is 4. The van der Waals surface area contributed by atoms with Crippen LogP contribution in [-0.2, 0) is 33.4 Å². The lowest BCUT2D eigenvalue weighted by atomic mass is 9.66. The van der Waals surface area contributed by atoms with Crippen molar-refractivity contribution in [1.82, 2.24) is 15.0 Å². The number of hydrogen-bond donors (Lipinski definition) is 1. The number of fused-ring (bicyclic) bond motifs is 1. The van der Waals surface area contributed by atoms with E-state index >= 15 is 8.78 Å². The van der Waals surface area contributed by atoms with E-state index < -0.39 is 23.8 Å². The van der Waals surface area contributed by atoms with E-state index in [-0.39, 0.29) is 54.2 Å². The molecular formula is C22H23B5ClF2N3O4. The summed E-state index contributed by atoms with van der Waals surface area (Å²) in [6.07, 6.45) is 0.389. The number of carbonyl (C=O) groups excluding carboxylic acids is 4. The molecule has 2 aromatic carbocycles. The molecule has 0 aromatic heterocycles. The number of piperidine rings is 1. The molecule has 15 heteroatoms. The van der Waals surface area contributed by atoms with Gasteiger partial charge in [0.15, 0.2) is 0 Å². The van der Waals surface area contributed by atoms with Gasteiger partial charge in [-0.15, -0.1) is 0 Å². The van der Waals surface area contributed by atoms with Crippen LogP contribution in [0.5, 0.6) is 0 Å². The highest BCUT2D eigenvalue weighted by molar-refractivity contribution is 6.64. The second-order valence-corrected chi connectivity index (χ2v) is 10.2. The van der Waals surface area contributed by atoms with Gasteiger partial charge >= 0.3 is 5.92 Å². The molecule has 1 unspecified atom stereocenters. The molecule has 7 nitrogen and oxygen atoms in total. The average Bonchev–Trinajstić information content (AvgIpc) is 3.16. The number of imide groups is 1. The minimum absolute atomic E-state index is 0.0992. The molecule has 4 amide bonds. The maximum Gasteiger partial charge on any atom is 0.347 e. The highest BCUT2D eigenvalue weighted by Crippen LogP contribution is 2.30. The van der Waals surface area contributed by atoms with E-state index in [0.29, 0.717) is 32.6 Å². The van der Waals surface area contributed by atoms with Crippen molar-refractivity contribution in [2.45, 2.75) is 37.9 Å². The van der Waals surface area contributed by atoms with Crippen LogP contribution in [0.3, 0.4) is 0 Å². The predicted molar refractivity (Wildman–Crippen MR) is 150 cm³/mol. The highest BCUT2D eigenvalue weighted by atomic mass is 35.5. The molecule has 2 aliphatic heterocycles. The maximum atomic E-state index is 15.6. The highest BCUT2D eigenvalue weighted by Gasteiger charge is 2.45. The van der Waals surface area contributed by atoms with Crippen LogP contribution in [0.2, 0.25) is 5.02 Å². The Bertz CT molecular complexity index is 1350. The van der Waals surface area contributed by atoms with Crippen molar-refractivity contribution in [3.63, 3.8) is 0 Å². The molecule has 2 heterocycles. The fraction of sp³-hybridized carbons (Fsp3) is 0.273. The summed E-state index contributed by atoms with van der Waals surface area (Å²) >= 11 is 6.29. The molecular weight excluding hydrogens is 498 g/mol. The zero-order valence-corrected chi connectivity index (χ0v) is 22.1. The van der Waals surface area contributed by atoms with Gasteiger partial charge in [0.05, 0.1) is 0 Å². The maximum absolute atomic E-state index is 15.6. The van der Waals surface area contributed by atoms with Crippen molar-refractivity contribution < 1.29 is 28.0 Å². The third kappa shape index (κ3) is 4.60. The van der Waals surface area contributed by atoms with Crippen molar-refractivity contribution >= 4 is 96.4 Å². The minimum Gasteiger partial charge on any atom is -0.384 e. The van der Waals surface area contributed by atoms with Gasteiger partial charge in [-0.2, -0.15) is 8.78 Å². The topological polar surface area (TPSA) is 86.8 Å². The fourth-order valence-corrected chi connectivity index (χ4v) is 5.44. The third-order valence-corrected chi connectivity index (χ3v) is 8.04. The van der Waals surface area contributed by atoms with Crippen LogP contribution >= 0.6 is 11.6 Å². The monoisotopic (exact) mass is 521 g/mol. The normalized spacial score (nSPS) is 17.5. The first kappa shape index (κ1) is 27.0. The molecule has 0 aliphatic carbocycles. The van der Waals surface area contributed by atoms with Gasteiger partial charge in [-0.25, -0.2) is 0 Å². The largest absolute Gasteiger partial charge is 0.384 e. The first-order chi connectivity index (χ1) is 17.2. The van der Waals surface area contributed by atoms with Gasteiger partial charge < -0.3 is 9.71 Å². The molecule has 2 aromatic rings. The predicted octanol–water partition coefficient (Wildman–Crippen LogP) is -5.20. The van der Waals surface area contributed by atoms with Crippen molar-refractivity contribution in [2.75, 3.05) is 0 Å². The Morgan fingerprint density at radius 3 is 2.32 bits per heavy atom. The Labute approximate surface area is 222 Å². The van der Waals surface area contributed by atoms with E-state index in [4.69, 9.17) is 11.6 Å². The summed E-state index contributed by atoms with van der Waals surface area (Å²) < 4.78 is 31.1. The average molecular weight is 521 g/mol. The van der Waals surface area contributed by atoms with E-state index in [0.717, 1.165) is 4.81 Å². The molecule has 2 aliphatic rings. The van der Waals surface area contributed by atoms with E-state index in [9.17, 15) is 19.2 Å². The van der Waals surface area contributed by atoms with Crippen LogP contribution in [-0.4, -0.2) is 78.7 Å². The summed E-state index contributed by atoms with van der Waals surface area (Å²) in [4.78, 5) is 52.0. The summed E-state index contributed by atoms with van der Waals surface area (Å²) in [6, 6.07) is 4.13. The van der Waals surface area contributed by atoms with Crippen LogP contribution in [0.4, 0.5) is 8.78 Å². The number of nitrogens with zero attached hydrogens (tertiary/aromatic N) is 2. The second kappa shape index (κ2) is 9.70. The second-order valence-electron chi connectivity index (χ2n) is 9.82. The Morgan fingerprint density at radius 2 is 1.73 bits per heavy atom. The van der Waals surface area contributed by atoms with E-state index in [1.165, 1.54) is 28.6 Å². The number of nitrogens with one attached hydrogen (secondary N) is 1. The van der Waals surface area contributed by atoms with Gasteiger partial charge in [0.25, 0.3) is 11.8 Å². The number of alkyl halides is 2. The number of rotatable bonds is 5. The summed E-state index contributed by atoms with van der Waals surface area (Å²) in [5, 5.41) is 2.67. The smallest absolute Gasteiger partial charge is 0.347 e. The Hall–Kier alpha value is -3.01. The van der Waals surface area contributed by atoms with Crippen LogP contribution < -0.4 is 27.2 Å². The molecule has 0 saturated carbocycles. The van der Waals surface area contributed by atoms with Crippen LogP contribution in [0.15, 0.2) is 18.2 Å². The minimum atomic E-state index is -3.77. The summed E-state index contributed by atoms with van der Waals surface area (Å²) in [7, 11) is 7.69. The number of amides is 4. The molecule has 0 spiro atoms. The third-order valence-electron chi connectivity index (χ3n) is 7.47. The summed E-state index contributed by atoms with van der Waals surface area (Å²) in [5.41, 5.74) is 2.87. The van der Waals surface area contributed by atoms with Crippen molar-refractivity contribution in [3.8, 4) is 0 Å². The van der Waals surface area contributed by atoms with Gasteiger partial charge in [0, 0.05) is 35.7 Å². The molecule has 37 heavy (non-hydrogen) atoms. The SMILES string of the molecule is Bc1c(B)c(C(F)(F)C(=O)N(B)Cc2ccc3c(c2)CN(C2CCC(=O)NC2=O)C3=O)c(B)c(B)c1Cl. The van der Waals surface area contributed by atoms with Gasteiger partial charge in [0.2, 0.25) is 19.8 Å². The lowest BCUT2D eigenvalue weighted by Gasteiger charge is -2.29. The van der Waals surface area contributed by atoms with E-state index in [1.54, 1.807) is 33.9 Å². The quantitative estimate of drug-likeness (QED) is 0.315. The van der Waals surface area contributed by atoms with Crippen LogP contribution in [0.1, 0.15) is 39.9 Å². The molecule has 0 bridgehead atoms. The molecule has 4 rings (SSSR count). The summed E-state index contributed by atoms with van der Waals surface area (Å²) in [5.74, 6) is -6.32. The van der Waals surface area contributed by atoms with Crippen LogP contribution in [0.25, 0.3) is 0 Å². The van der Waals surface area contributed by atoms with Crippen molar-refractivity contribution in [1.29, 1.82) is 0 Å². The fourth-order valence-electron chi connectivity index (χ4n) is 5.16. The number of carbonyl (C=O) groups is 4. The van der Waals surface area contributed by atoms with Gasteiger partial charge in [-0.05, 0) is 23.6 Å². The molecule has 1 atom stereocenters. The zero-order valence-electron chi connectivity index (χ0n) is 21.3. The van der Waals surface area contributed by atoms with Gasteiger partial charge in [-0.1, -0.05) is 45.6 Å². The van der Waals surface area contributed by atoms with Crippen LogP contribution in [0, 0.1) is 0 Å². The summed E-state index contributed by atoms with van der Waals surface area (Å²) in [6.45, 7) is 0.0573. The standard InChI is InChI=1S/C22H23B5ClF2N3O4/c23-14-13(15(24)17(26)18(28)16(14)25)22(29,30)21(37)33(27)6-8-1-2-10-9(5-8)7-32(20(10)36)11-3-4-12(34)31-19(11)35/h1-2,5,11H,3-4,6-7,23-27H2,(H,31,34,35). The van der Waals surface area contributed by atoms with Crippen molar-refractivity contribution in [3.05, 3.63) is 45.5 Å². The lowest BCUT2D eigenvalue weighted by molar-refractivity contribution is -0.153. The number of benzene rings is 2. The lowest BCUT2D eigenvalue weighted by Crippen LogP contribution is -2.53. The van der Waals surface area contributed by atoms with Gasteiger partial charge in [0.1, 0.15) is 37.4 Å². The Morgan fingerprint density at radius 1 is 1.11 bits per heavy atom. The number of halogens is 3. The zero-order chi connectivity index (χ0) is 27.4. The molecule has 1 saturated heterocycles. The Balaban J connectivity index is 1.54. The van der Waals surface area contributed by atoms with Crippen molar-refractivity contribution in [2.24, 2.45) is 0 Å². The Kier molecular flexibility index (Phi) is 7.09. The molecule has 186 valence electrons. The van der Waals surface area contributed by atoms with E-state index in [1.807, 2.05) is 0 Å². The first-order valence-electron chi connectivity index (χ1n) is 11.9. The molecule has 1 fully saturated rings. The first-order valence-corrected chi connectivity index (χ1v) is 12.3.